The predicted octanol–water partition coefficient (Wildman–Crippen LogP) is -0.334. The first-order chi connectivity index (χ1) is 9.99. The van der Waals surface area contributed by atoms with Crippen LogP contribution in [-0.2, 0) is 4.79 Å². The molecule has 2 rings (SSSR count). The molecule has 2 atom stereocenters. The van der Waals surface area contributed by atoms with Gasteiger partial charge in [0, 0.05) is 26.2 Å². The Morgan fingerprint density at radius 2 is 2.00 bits per heavy atom. The molecule has 1 aromatic rings. The predicted molar refractivity (Wildman–Crippen MR) is 73.6 cm³/mol. The lowest BCUT2D eigenvalue weighted by molar-refractivity contribution is -0.143. The van der Waals surface area contributed by atoms with Crippen LogP contribution in [0.15, 0.2) is 6.33 Å². The average Bonchev–Trinajstić information content (AvgIpc) is 3.00. The molecule has 1 fully saturated rings. The molecule has 0 aromatic carbocycles. The molecule has 0 radical (unpaired) electrons. The van der Waals surface area contributed by atoms with Crippen molar-refractivity contribution in [2.75, 3.05) is 26.2 Å². The van der Waals surface area contributed by atoms with Gasteiger partial charge in [0.15, 0.2) is 0 Å². The molecule has 9 nitrogen and oxygen atoms in total. The average molecular weight is 296 g/mol. The molecule has 2 amide bonds. The van der Waals surface area contributed by atoms with Crippen molar-refractivity contribution in [3.05, 3.63) is 12.2 Å². The lowest BCUT2D eigenvalue weighted by Gasteiger charge is -2.36. The van der Waals surface area contributed by atoms with Crippen LogP contribution in [0.4, 0.5) is 4.79 Å². The number of H-pyrrole nitrogens is 1. The van der Waals surface area contributed by atoms with Gasteiger partial charge in [0.05, 0.1) is 6.04 Å². The molecular formula is C12H20N6O3. The van der Waals surface area contributed by atoms with E-state index in [2.05, 4.69) is 20.5 Å². The fraction of sp³-hybridized carbons (Fsp3) is 0.667. The van der Waals surface area contributed by atoms with Gasteiger partial charge in [-0.15, -0.1) is 0 Å². The standard InChI is InChI=1S/C12H20N6O3/c1-8(10-13-7-14-16-10)15-12(21)18-5-3-17(4-6-18)9(2)11(19)20/h7-9H,3-6H2,1-2H3,(H,15,21)(H,19,20)(H,13,14,16). The molecule has 0 saturated carbocycles. The van der Waals surface area contributed by atoms with Gasteiger partial charge in [-0.3, -0.25) is 14.8 Å². The number of rotatable bonds is 4. The molecular weight excluding hydrogens is 276 g/mol. The highest BCUT2D eigenvalue weighted by molar-refractivity contribution is 5.75. The lowest BCUT2D eigenvalue weighted by atomic mass is 10.2. The number of hydrogen-bond acceptors (Lipinski definition) is 5. The summed E-state index contributed by atoms with van der Waals surface area (Å²) < 4.78 is 0. The lowest BCUT2D eigenvalue weighted by Crippen LogP contribution is -2.55. The monoisotopic (exact) mass is 296 g/mol. The minimum absolute atomic E-state index is 0.179. The normalized spacial score (nSPS) is 19.0. The van der Waals surface area contributed by atoms with E-state index in [1.165, 1.54) is 6.33 Å². The van der Waals surface area contributed by atoms with Crippen molar-refractivity contribution in [2.45, 2.75) is 25.9 Å². The Morgan fingerprint density at radius 1 is 1.33 bits per heavy atom. The zero-order valence-electron chi connectivity index (χ0n) is 12.1. The fourth-order valence-electron chi connectivity index (χ4n) is 2.24. The Bertz CT molecular complexity index is 483. The van der Waals surface area contributed by atoms with Crippen LogP contribution in [0.2, 0.25) is 0 Å². The second-order valence-electron chi connectivity index (χ2n) is 5.08. The third kappa shape index (κ3) is 3.69. The van der Waals surface area contributed by atoms with Crippen molar-refractivity contribution >= 4 is 12.0 Å². The number of piperazine rings is 1. The largest absolute Gasteiger partial charge is 0.480 e. The number of aromatic amines is 1. The van der Waals surface area contributed by atoms with Crippen LogP contribution >= 0.6 is 0 Å². The third-order valence-corrected chi connectivity index (χ3v) is 3.69. The van der Waals surface area contributed by atoms with Gasteiger partial charge in [-0.1, -0.05) is 0 Å². The van der Waals surface area contributed by atoms with Crippen molar-refractivity contribution < 1.29 is 14.7 Å². The van der Waals surface area contributed by atoms with Gasteiger partial charge in [-0.25, -0.2) is 9.78 Å². The quantitative estimate of drug-likeness (QED) is 0.700. The van der Waals surface area contributed by atoms with Crippen LogP contribution < -0.4 is 5.32 Å². The zero-order valence-corrected chi connectivity index (χ0v) is 12.1. The SMILES string of the molecule is CC(NC(=O)N1CCN(C(C)C(=O)O)CC1)c1ncn[nH]1. The first-order valence-electron chi connectivity index (χ1n) is 6.86. The number of nitrogens with one attached hydrogen (secondary N) is 2. The first-order valence-corrected chi connectivity index (χ1v) is 6.86. The zero-order chi connectivity index (χ0) is 15.4. The van der Waals surface area contributed by atoms with E-state index in [4.69, 9.17) is 5.11 Å². The Balaban J connectivity index is 1.82. The van der Waals surface area contributed by atoms with E-state index >= 15 is 0 Å². The van der Waals surface area contributed by atoms with Crippen LogP contribution in [0.1, 0.15) is 25.7 Å². The molecule has 0 spiro atoms. The molecule has 3 N–H and O–H groups in total. The van der Waals surface area contributed by atoms with Crippen molar-refractivity contribution in [3.63, 3.8) is 0 Å². The number of urea groups is 1. The summed E-state index contributed by atoms with van der Waals surface area (Å²) in [6.07, 6.45) is 1.39. The number of carboxylic acid groups (broad SMARTS) is 1. The first kappa shape index (κ1) is 15.2. The molecule has 9 heteroatoms. The van der Waals surface area contributed by atoms with Crippen LogP contribution in [0, 0.1) is 0 Å². The van der Waals surface area contributed by atoms with E-state index in [1.54, 1.807) is 11.8 Å². The van der Waals surface area contributed by atoms with Crippen LogP contribution in [0.5, 0.6) is 0 Å². The highest BCUT2D eigenvalue weighted by atomic mass is 16.4. The number of carbonyl (C=O) groups excluding carboxylic acids is 1. The smallest absolute Gasteiger partial charge is 0.320 e. The number of carboxylic acids is 1. The van der Waals surface area contributed by atoms with Crippen LogP contribution in [0.3, 0.4) is 0 Å². The summed E-state index contributed by atoms with van der Waals surface area (Å²) >= 11 is 0. The van der Waals surface area contributed by atoms with Gasteiger partial charge in [0.25, 0.3) is 0 Å². The highest BCUT2D eigenvalue weighted by Crippen LogP contribution is 2.09. The summed E-state index contributed by atoms with van der Waals surface area (Å²) in [5.74, 6) is -0.242. The molecule has 2 heterocycles. The van der Waals surface area contributed by atoms with Crippen molar-refractivity contribution in [1.82, 2.24) is 30.3 Å². The van der Waals surface area contributed by atoms with Crippen molar-refractivity contribution in [2.24, 2.45) is 0 Å². The second-order valence-corrected chi connectivity index (χ2v) is 5.08. The fourth-order valence-corrected chi connectivity index (χ4v) is 2.24. The molecule has 2 unspecified atom stereocenters. The number of aliphatic carboxylic acids is 1. The number of amides is 2. The molecule has 21 heavy (non-hydrogen) atoms. The minimum Gasteiger partial charge on any atom is -0.480 e. The Kier molecular flexibility index (Phi) is 4.73. The van der Waals surface area contributed by atoms with Crippen molar-refractivity contribution in [1.29, 1.82) is 0 Å². The molecule has 116 valence electrons. The molecule has 0 aliphatic carbocycles. The Morgan fingerprint density at radius 3 is 2.52 bits per heavy atom. The van der Waals surface area contributed by atoms with E-state index in [0.717, 1.165) is 0 Å². The maximum Gasteiger partial charge on any atom is 0.320 e. The van der Waals surface area contributed by atoms with E-state index in [0.29, 0.717) is 32.0 Å². The second kappa shape index (κ2) is 6.53. The molecule has 1 aliphatic heterocycles. The summed E-state index contributed by atoms with van der Waals surface area (Å²) in [6.45, 7) is 5.60. The highest BCUT2D eigenvalue weighted by Gasteiger charge is 2.27. The van der Waals surface area contributed by atoms with Gasteiger partial charge in [0.2, 0.25) is 0 Å². The minimum atomic E-state index is -0.841. The number of hydrogen-bond donors (Lipinski definition) is 3. The maximum atomic E-state index is 12.1. The van der Waals surface area contributed by atoms with Gasteiger partial charge in [0.1, 0.15) is 18.2 Å². The van der Waals surface area contributed by atoms with Gasteiger partial charge >= 0.3 is 12.0 Å². The van der Waals surface area contributed by atoms with Crippen LogP contribution in [0.25, 0.3) is 0 Å². The van der Waals surface area contributed by atoms with Gasteiger partial charge < -0.3 is 15.3 Å². The van der Waals surface area contributed by atoms with E-state index in [9.17, 15) is 9.59 Å². The Labute approximate surface area is 122 Å². The topological polar surface area (TPSA) is 114 Å². The number of carbonyl (C=O) groups is 2. The number of nitrogens with zero attached hydrogens (tertiary/aromatic N) is 4. The Hall–Kier alpha value is -2.16. The molecule has 1 saturated heterocycles. The summed E-state index contributed by atoms with van der Waals surface area (Å²) in [4.78, 5) is 30.6. The summed E-state index contributed by atoms with van der Waals surface area (Å²) in [6, 6.07) is -0.958. The van der Waals surface area contributed by atoms with Crippen LogP contribution in [-0.4, -0.2) is 74.3 Å². The molecule has 0 bridgehead atoms. The van der Waals surface area contributed by atoms with Crippen molar-refractivity contribution in [3.8, 4) is 0 Å². The van der Waals surface area contributed by atoms with Gasteiger partial charge in [-0.2, -0.15) is 5.10 Å². The van der Waals surface area contributed by atoms with E-state index < -0.39 is 12.0 Å². The van der Waals surface area contributed by atoms with E-state index in [-0.39, 0.29) is 12.1 Å². The summed E-state index contributed by atoms with van der Waals surface area (Å²) in [5, 5.41) is 18.3. The van der Waals surface area contributed by atoms with E-state index in [1.807, 2.05) is 11.8 Å². The third-order valence-electron chi connectivity index (χ3n) is 3.69. The summed E-state index contributed by atoms with van der Waals surface area (Å²) in [5.41, 5.74) is 0. The van der Waals surface area contributed by atoms with Gasteiger partial charge in [-0.05, 0) is 13.8 Å². The molecule has 1 aliphatic rings. The number of aromatic nitrogens is 3. The molecule has 1 aromatic heterocycles. The maximum absolute atomic E-state index is 12.1. The summed E-state index contributed by atoms with van der Waals surface area (Å²) in [7, 11) is 0.